The lowest BCUT2D eigenvalue weighted by molar-refractivity contribution is 0.613. The molecule has 0 aliphatic heterocycles. The Hall–Kier alpha value is -1.17. The lowest BCUT2D eigenvalue weighted by Gasteiger charge is -2.14. The molecule has 0 saturated carbocycles. The molecule has 0 amide bonds. The normalized spacial score (nSPS) is 13.3. The summed E-state index contributed by atoms with van der Waals surface area (Å²) in [6, 6.07) is 6.75. The number of hydrogen-bond acceptors (Lipinski definition) is 4. The second-order valence-corrected chi connectivity index (χ2v) is 5.96. The summed E-state index contributed by atoms with van der Waals surface area (Å²) in [5, 5.41) is 9.75. The highest BCUT2D eigenvalue weighted by Gasteiger charge is 2.18. The van der Waals surface area contributed by atoms with Crippen LogP contribution in [-0.2, 0) is 7.05 Å². The number of hydrogen-bond donors (Lipinski definition) is 1. The summed E-state index contributed by atoms with van der Waals surface area (Å²) in [5.41, 5.74) is 1.20. The van der Waals surface area contributed by atoms with Crippen molar-refractivity contribution >= 4 is 32.1 Å². The summed E-state index contributed by atoms with van der Waals surface area (Å²) in [6.07, 6.45) is 1.84. The molecular weight excluding hydrogens is 250 g/mol. The molecule has 0 aliphatic carbocycles. The fourth-order valence-corrected chi connectivity index (χ4v) is 4.27. The molecule has 0 radical (unpaired) electrons. The molecule has 1 unspecified atom stereocenters. The molecule has 0 aliphatic rings. The van der Waals surface area contributed by atoms with Gasteiger partial charge in [0.2, 0.25) is 0 Å². The van der Waals surface area contributed by atoms with Crippen LogP contribution in [0.2, 0.25) is 0 Å². The maximum Gasteiger partial charge on any atom is 0.0840 e. The average Bonchev–Trinajstić information content (AvgIpc) is 2.96. The van der Waals surface area contributed by atoms with E-state index in [1.807, 2.05) is 36.3 Å². The monoisotopic (exact) mass is 263 g/mol. The predicted molar refractivity (Wildman–Crippen MR) is 73.8 cm³/mol. The van der Waals surface area contributed by atoms with Crippen LogP contribution in [0.3, 0.4) is 0 Å². The zero-order valence-electron chi connectivity index (χ0n) is 9.68. The lowest BCUT2D eigenvalue weighted by Crippen LogP contribution is -2.19. The van der Waals surface area contributed by atoms with Crippen molar-refractivity contribution in [3.8, 4) is 0 Å². The van der Waals surface area contributed by atoms with Crippen LogP contribution in [0.4, 0.5) is 0 Å². The van der Waals surface area contributed by atoms with Crippen molar-refractivity contribution in [3.63, 3.8) is 0 Å². The number of rotatable bonds is 3. The topological polar surface area (TPSA) is 29.9 Å². The first kappa shape index (κ1) is 11.0. The second kappa shape index (κ2) is 4.25. The molecule has 0 aromatic carbocycles. The Balaban J connectivity index is 2.06. The number of thiophene rings is 2. The molecule has 3 rings (SSSR count). The third kappa shape index (κ3) is 1.80. The van der Waals surface area contributed by atoms with Crippen LogP contribution >= 0.6 is 22.7 Å². The molecule has 1 atom stereocenters. The van der Waals surface area contributed by atoms with Gasteiger partial charge in [-0.2, -0.15) is 5.10 Å². The van der Waals surface area contributed by atoms with Gasteiger partial charge in [-0.25, -0.2) is 0 Å². The Morgan fingerprint density at radius 1 is 1.35 bits per heavy atom. The van der Waals surface area contributed by atoms with Crippen LogP contribution in [0.15, 0.2) is 29.8 Å². The predicted octanol–water partition coefficient (Wildman–Crippen LogP) is 3.01. The average molecular weight is 263 g/mol. The minimum atomic E-state index is 0.229. The van der Waals surface area contributed by atoms with Crippen LogP contribution in [-0.4, -0.2) is 16.8 Å². The molecule has 3 aromatic rings. The second-order valence-electron chi connectivity index (χ2n) is 3.90. The van der Waals surface area contributed by atoms with E-state index in [1.54, 1.807) is 11.3 Å². The number of aryl methyl sites for hydroxylation is 1. The minimum absolute atomic E-state index is 0.229. The summed E-state index contributed by atoms with van der Waals surface area (Å²) >= 11 is 3.65. The first-order chi connectivity index (χ1) is 8.29. The molecule has 0 saturated heterocycles. The van der Waals surface area contributed by atoms with Crippen LogP contribution in [0, 0.1) is 0 Å². The maximum absolute atomic E-state index is 4.24. The third-order valence-electron chi connectivity index (χ3n) is 2.89. The van der Waals surface area contributed by atoms with Crippen LogP contribution in [0.25, 0.3) is 9.40 Å². The van der Waals surface area contributed by atoms with Crippen molar-refractivity contribution in [3.05, 3.63) is 40.3 Å². The van der Waals surface area contributed by atoms with E-state index in [0.29, 0.717) is 0 Å². The van der Waals surface area contributed by atoms with Gasteiger partial charge in [-0.1, -0.05) is 0 Å². The molecule has 3 nitrogen and oxygen atoms in total. The Labute approximate surface area is 108 Å². The summed E-state index contributed by atoms with van der Waals surface area (Å²) in [5.74, 6) is 0. The highest BCUT2D eigenvalue weighted by molar-refractivity contribution is 7.27. The van der Waals surface area contributed by atoms with Gasteiger partial charge in [0.15, 0.2) is 0 Å². The molecule has 0 fully saturated rings. The van der Waals surface area contributed by atoms with Gasteiger partial charge in [-0.15, -0.1) is 22.7 Å². The van der Waals surface area contributed by atoms with E-state index in [0.717, 1.165) is 0 Å². The number of fused-ring (bicyclic) bond motifs is 1. The van der Waals surface area contributed by atoms with Gasteiger partial charge in [0, 0.05) is 27.5 Å². The van der Waals surface area contributed by atoms with Crippen molar-refractivity contribution in [2.24, 2.45) is 7.05 Å². The lowest BCUT2D eigenvalue weighted by atomic mass is 10.2. The van der Waals surface area contributed by atoms with E-state index in [1.165, 1.54) is 20.0 Å². The van der Waals surface area contributed by atoms with E-state index < -0.39 is 0 Å². The molecule has 17 heavy (non-hydrogen) atoms. The Morgan fingerprint density at radius 3 is 2.88 bits per heavy atom. The quantitative estimate of drug-likeness (QED) is 0.787. The molecule has 3 aromatic heterocycles. The van der Waals surface area contributed by atoms with Gasteiger partial charge in [-0.05, 0) is 30.6 Å². The zero-order chi connectivity index (χ0) is 11.8. The Kier molecular flexibility index (Phi) is 2.74. The van der Waals surface area contributed by atoms with Crippen LogP contribution < -0.4 is 5.32 Å². The molecule has 1 N–H and O–H groups in total. The standard InChI is InChI=1S/C12H13N3S2/c1-13-12(8-3-5-14-15(8)2)11-7-10-9(17-11)4-6-16-10/h3-7,12-13H,1-2H3. The van der Waals surface area contributed by atoms with Crippen molar-refractivity contribution < 1.29 is 0 Å². The summed E-state index contributed by atoms with van der Waals surface area (Å²) in [4.78, 5) is 1.35. The first-order valence-corrected chi connectivity index (χ1v) is 7.11. The smallest absolute Gasteiger partial charge is 0.0840 e. The molecule has 0 spiro atoms. The van der Waals surface area contributed by atoms with E-state index in [4.69, 9.17) is 0 Å². The van der Waals surface area contributed by atoms with Gasteiger partial charge in [0.1, 0.15) is 0 Å². The van der Waals surface area contributed by atoms with Crippen LogP contribution in [0.5, 0.6) is 0 Å². The summed E-state index contributed by atoms with van der Waals surface area (Å²) in [7, 11) is 3.97. The molecule has 5 heteroatoms. The fraction of sp³-hybridized carbons (Fsp3) is 0.250. The largest absolute Gasteiger partial charge is 0.307 e. The fourth-order valence-electron chi connectivity index (χ4n) is 2.03. The van der Waals surface area contributed by atoms with Crippen molar-refractivity contribution in [2.75, 3.05) is 7.05 Å². The molecule has 3 heterocycles. The first-order valence-electron chi connectivity index (χ1n) is 5.41. The van der Waals surface area contributed by atoms with E-state index in [9.17, 15) is 0 Å². The summed E-state index contributed by atoms with van der Waals surface area (Å²) < 4.78 is 4.66. The summed E-state index contributed by atoms with van der Waals surface area (Å²) in [6.45, 7) is 0. The van der Waals surface area contributed by atoms with E-state index >= 15 is 0 Å². The minimum Gasteiger partial charge on any atom is -0.307 e. The van der Waals surface area contributed by atoms with Crippen molar-refractivity contribution in [1.29, 1.82) is 0 Å². The number of nitrogens with one attached hydrogen (secondary N) is 1. The number of nitrogens with zero attached hydrogens (tertiary/aromatic N) is 2. The van der Waals surface area contributed by atoms with Gasteiger partial charge < -0.3 is 5.32 Å². The molecular formula is C12H13N3S2. The molecule has 0 bridgehead atoms. The van der Waals surface area contributed by atoms with Gasteiger partial charge in [-0.3, -0.25) is 4.68 Å². The van der Waals surface area contributed by atoms with Gasteiger partial charge >= 0.3 is 0 Å². The Bertz CT molecular complexity index is 606. The van der Waals surface area contributed by atoms with Gasteiger partial charge in [0.05, 0.1) is 11.7 Å². The van der Waals surface area contributed by atoms with Crippen LogP contribution in [0.1, 0.15) is 16.6 Å². The Morgan fingerprint density at radius 2 is 2.24 bits per heavy atom. The zero-order valence-corrected chi connectivity index (χ0v) is 11.3. The van der Waals surface area contributed by atoms with E-state index in [2.05, 4.69) is 34.0 Å². The van der Waals surface area contributed by atoms with Crippen molar-refractivity contribution in [2.45, 2.75) is 6.04 Å². The third-order valence-corrected chi connectivity index (χ3v) is 5.04. The SMILES string of the molecule is CNC(c1cc2sccc2s1)c1ccnn1C. The highest BCUT2D eigenvalue weighted by atomic mass is 32.1. The van der Waals surface area contributed by atoms with Crippen molar-refractivity contribution in [1.82, 2.24) is 15.1 Å². The maximum atomic E-state index is 4.24. The van der Waals surface area contributed by atoms with Gasteiger partial charge in [0.25, 0.3) is 0 Å². The molecule has 88 valence electrons. The van der Waals surface area contributed by atoms with E-state index in [-0.39, 0.29) is 6.04 Å². The number of aromatic nitrogens is 2. The highest BCUT2D eigenvalue weighted by Crippen LogP contribution is 2.35.